The van der Waals surface area contributed by atoms with Gasteiger partial charge in [-0.05, 0) is 37.3 Å². The highest BCUT2D eigenvalue weighted by atomic mass is 16.3. The summed E-state index contributed by atoms with van der Waals surface area (Å²) < 4.78 is 0. The van der Waals surface area contributed by atoms with Crippen molar-refractivity contribution >= 4 is 5.69 Å². The molecule has 1 unspecified atom stereocenters. The highest BCUT2D eigenvalue weighted by Gasteiger charge is 2.21. The maximum atomic E-state index is 10.1. The first-order valence-electron chi connectivity index (χ1n) is 8.47. The maximum absolute atomic E-state index is 10.1. The predicted octanol–water partition coefficient (Wildman–Crippen LogP) is 3.97. The van der Waals surface area contributed by atoms with Crippen LogP contribution in [0.25, 0.3) is 0 Å². The molecule has 4 N–H and O–H groups in total. The summed E-state index contributed by atoms with van der Waals surface area (Å²) in [6.45, 7) is 2.89. The second kappa shape index (κ2) is 7.81. The Labute approximate surface area is 128 Å². The summed E-state index contributed by atoms with van der Waals surface area (Å²) in [5, 5.41) is 13.6. The van der Waals surface area contributed by atoms with Crippen LogP contribution in [0.1, 0.15) is 63.9 Å². The van der Waals surface area contributed by atoms with Crippen LogP contribution < -0.4 is 11.1 Å². The van der Waals surface area contributed by atoms with Gasteiger partial charge in [-0.3, -0.25) is 5.73 Å². The van der Waals surface area contributed by atoms with Crippen molar-refractivity contribution in [3.8, 4) is 0 Å². The molecule has 1 atom stereocenters. The van der Waals surface area contributed by atoms with Crippen molar-refractivity contribution in [1.29, 1.82) is 0 Å². The second-order valence-electron chi connectivity index (χ2n) is 6.43. The lowest BCUT2D eigenvalue weighted by molar-refractivity contribution is 0.0395. The van der Waals surface area contributed by atoms with E-state index in [2.05, 4.69) is 5.32 Å². The van der Waals surface area contributed by atoms with E-state index in [0.29, 0.717) is 6.42 Å². The Morgan fingerprint density at radius 2 is 2.05 bits per heavy atom. The van der Waals surface area contributed by atoms with Gasteiger partial charge >= 0.3 is 0 Å². The van der Waals surface area contributed by atoms with Crippen LogP contribution in [0, 0.1) is 5.92 Å². The SMILES string of the molecule is CCC(N)(O)c1cccc(NCCCC2CCCCC2)c1. The molecular weight excluding hydrogens is 260 g/mol. The third-order valence-corrected chi connectivity index (χ3v) is 4.74. The molecule has 0 heterocycles. The second-order valence-corrected chi connectivity index (χ2v) is 6.43. The Morgan fingerprint density at radius 3 is 2.76 bits per heavy atom. The van der Waals surface area contributed by atoms with E-state index in [0.717, 1.165) is 23.7 Å². The van der Waals surface area contributed by atoms with Crippen molar-refractivity contribution in [2.75, 3.05) is 11.9 Å². The Bertz CT molecular complexity index is 425. The van der Waals surface area contributed by atoms with Crippen LogP contribution >= 0.6 is 0 Å². The van der Waals surface area contributed by atoms with Gasteiger partial charge in [-0.2, -0.15) is 0 Å². The zero-order chi connectivity index (χ0) is 15.1. The fourth-order valence-corrected chi connectivity index (χ4v) is 3.20. The highest BCUT2D eigenvalue weighted by Crippen LogP contribution is 2.27. The summed E-state index contributed by atoms with van der Waals surface area (Å²) in [6.07, 6.45) is 10.2. The fourth-order valence-electron chi connectivity index (χ4n) is 3.20. The van der Waals surface area contributed by atoms with Gasteiger partial charge in [0.1, 0.15) is 5.72 Å². The monoisotopic (exact) mass is 290 g/mol. The Kier molecular flexibility index (Phi) is 6.07. The van der Waals surface area contributed by atoms with Crippen molar-refractivity contribution in [2.24, 2.45) is 11.7 Å². The Hall–Kier alpha value is -1.06. The quantitative estimate of drug-likeness (QED) is 0.526. The number of nitrogens with one attached hydrogen (secondary N) is 1. The topological polar surface area (TPSA) is 58.3 Å². The molecular formula is C18H30N2O. The molecule has 0 aromatic heterocycles. The van der Waals surface area contributed by atoms with E-state index < -0.39 is 5.72 Å². The van der Waals surface area contributed by atoms with Crippen LogP contribution in [-0.2, 0) is 5.72 Å². The maximum Gasteiger partial charge on any atom is 0.139 e. The lowest BCUT2D eigenvalue weighted by Gasteiger charge is -2.23. The minimum atomic E-state index is -1.22. The molecule has 0 aliphatic heterocycles. The van der Waals surface area contributed by atoms with Gasteiger partial charge in [0.05, 0.1) is 0 Å². The molecule has 3 heteroatoms. The number of aliphatic hydroxyl groups is 1. The van der Waals surface area contributed by atoms with E-state index in [4.69, 9.17) is 5.73 Å². The van der Waals surface area contributed by atoms with Gasteiger partial charge in [-0.1, -0.05) is 51.2 Å². The van der Waals surface area contributed by atoms with Gasteiger partial charge in [-0.25, -0.2) is 0 Å². The molecule has 0 radical (unpaired) electrons. The number of benzene rings is 1. The van der Waals surface area contributed by atoms with Crippen molar-refractivity contribution in [3.63, 3.8) is 0 Å². The first-order valence-corrected chi connectivity index (χ1v) is 8.47. The highest BCUT2D eigenvalue weighted by molar-refractivity contribution is 5.46. The number of hydrogen-bond donors (Lipinski definition) is 3. The van der Waals surface area contributed by atoms with E-state index in [-0.39, 0.29) is 0 Å². The van der Waals surface area contributed by atoms with E-state index >= 15 is 0 Å². The Morgan fingerprint density at radius 1 is 1.29 bits per heavy atom. The van der Waals surface area contributed by atoms with Crippen LogP contribution in [0.5, 0.6) is 0 Å². The molecule has 118 valence electrons. The molecule has 1 aliphatic rings. The third-order valence-electron chi connectivity index (χ3n) is 4.74. The average Bonchev–Trinajstić information content (AvgIpc) is 2.53. The lowest BCUT2D eigenvalue weighted by atomic mass is 9.86. The minimum absolute atomic E-state index is 0.512. The molecule has 0 bridgehead atoms. The lowest BCUT2D eigenvalue weighted by Crippen LogP contribution is -2.35. The first kappa shape index (κ1) is 16.3. The van der Waals surface area contributed by atoms with Gasteiger partial charge in [-0.15, -0.1) is 0 Å². The van der Waals surface area contributed by atoms with Crippen LogP contribution in [0.2, 0.25) is 0 Å². The molecule has 0 spiro atoms. The fraction of sp³-hybridized carbons (Fsp3) is 0.667. The normalized spacial score (nSPS) is 19.2. The summed E-state index contributed by atoms with van der Waals surface area (Å²) >= 11 is 0. The van der Waals surface area contributed by atoms with Gasteiger partial charge in [0, 0.05) is 17.8 Å². The Balaban J connectivity index is 1.76. The smallest absolute Gasteiger partial charge is 0.139 e. The molecule has 2 rings (SSSR count). The number of anilines is 1. The van der Waals surface area contributed by atoms with Crippen LogP contribution in [0.3, 0.4) is 0 Å². The molecule has 0 amide bonds. The molecule has 21 heavy (non-hydrogen) atoms. The van der Waals surface area contributed by atoms with E-state index in [1.807, 2.05) is 31.2 Å². The van der Waals surface area contributed by atoms with Crippen molar-refractivity contribution in [2.45, 2.75) is 64.0 Å². The first-order chi connectivity index (χ1) is 10.1. The summed E-state index contributed by atoms with van der Waals surface area (Å²) in [6, 6.07) is 7.84. The largest absolute Gasteiger partial charge is 0.385 e. The summed E-state index contributed by atoms with van der Waals surface area (Å²) in [7, 11) is 0. The zero-order valence-electron chi connectivity index (χ0n) is 13.3. The molecule has 0 saturated heterocycles. The van der Waals surface area contributed by atoms with Crippen molar-refractivity contribution < 1.29 is 5.11 Å². The number of rotatable bonds is 7. The molecule has 1 saturated carbocycles. The van der Waals surface area contributed by atoms with Crippen molar-refractivity contribution in [3.05, 3.63) is 29.8 Å². The number of nitrogens with two attached hydrogens (primary N) is 1. The van der Waals surface area contributed by atoms with Crippen LogP contribution in [0.15, 0.2) is 24.3 Å². The predicted molar refractivity (Wildman–Crippen MR) is 89.1 cm³/mol. The van der Waals surface area contributed by atoms with Gasteiger partial charge in [0.15, 0.2) is 0 Å². The third kappa shape index (κ3) is 5.01. The van der Waals surface area contributed by atoms with Crippen LogP contribution in [-0.4, -0.2) is 11.7 Å². The molecule has 1 fully saturated rings. The van der Waals surface area contributed by atoms with Crippen LogP contribution in [0.4, 0.5) is 5.69 Å². The molecule has 1 aliphatic carbocycles. The molecule has 3 nitrogen and oxygen atoms in total. The summed E-state index contributed by atoms with van der Waals surface area (Å²) in [4.78, 5) is 0. The van der Waals surface area contributed by atoms with E-state index in [1.54, 1.807) is 0 Å². The summed E-state index contributed by atoms with van der Waals surface area (Å²) in [5.41, 5.74) is 6.49. The number of hydrogen-bond acceptors (Lipinski definition) is 3. The van der Waals surface area contributed by atoms with Gasteiger partial charge in [0.25, 0.3) is 0 Å². The van der Waals surface area contributed by atoms with E-state index in [9.17, 15) is 5.11 Å². The van der Waals surface area contributed by atoms with E-state index in [1.165, 1.54) is 44.9 Å². The standard InChI is InChI=1S/C18H30N2O/c1-2-18(19,21)16-11-6-12-17(14-16)20-13-7-10-15-8-4-3-5-9-15/h6,11-12,14-15,20-21H,2-5,7-10,13,19H2,1H3. The molecule has 1 aromatic carbocycles. The summed E-state index contributed by atoms with van der Waals surface area (Å²) in [5.74, 6) is 0.945. The van der Waals surface area contributed by atoms with Gasteiger partial charge in [0.2, 0.25) is 0 Å². The zero-order valence-corrected chi connectivity index (χ0v) is 13.3. The van der Waals surface area contributed by atoms with Gasteiger partial charge < -0.3 is 10.4 Å². The molecule has 1 aromatic rings. The average molecular weight is 290 g/mol. The minimum Gasteiger partial charge on any atom is -0.385 e. The van der Waals surface area contributed by atoms with Crippen molar-refractivity contribution in [1.82, 2.24) is 0 Å².